The second-order valence-corrected chi connectivity index (χ2v) is 13.4. The van der Waals surface area contributed by atoms with Gasteiger partial charge in [0.1, 0.15) is 17.7 Å². The normalized spacial score (nSPS) is 21.3. The van der Waals surface area contributed by atoms with Crippen molar-refractivity contribution in [2.24, 2.45) is 11.8 Å². The van der Waals surface area contributed by atoms with E-state index in [4.69, 9.17) is 14.5 Å². The van der Waals surface area contributed by atoms with Gasteiger partial charge in [-0.25, -0.2) is 9.78 Å². The maximum atomic E-state index is 14.3. The molecule has 2 saturated carbocycles. The maximum absolute atomic E-state index is 14.3. The standard InChI is InChI=1S/C37H50FN5O4/c1-25(2)43-24-32(22-41-43)31-16-19-39-35(21-31)42(36(44)29-10-13-33(14-11-29)47-37(45)40-18-5-17-38)23-27-6-8-28(9-7-27)30-12-15-34(46-4)26(3)20-30/h12,15-16,19-22,24-25,27-29,33H,5-11,13-14,17-18,23H2,1-4H3,(H,40,45). The molecule has 10 heteroatoms. The summed E-state index contributed by atoms with van der Waals surface area (Å²) in [6.07, 6.45) is 12.0. The number of rotatable bonds is 12. The van der Waals surface area contributed by atoms with Crippen LogP contribution in [0.25, 0.3) is 11.1 Å². The average molecular weight is 648 g/mol. The SMILES string of the molecule is COc1ccc(C2CCC(CN(C(=O)C3CCC(OC(=O)NCCCF)CC3)c3cc(-c4cnn(C(C)C)c4)ccn3)CC2)cc1C. The summed E-state index contributed by atoms with van der Waals surface area (Å²) in [5, 5.41) is 7.12. The van der Waals surface area contributed by atoms with Gasteiger partial charge in [-0.1, -0.05) is 12.1 Å². The zero-order valence-corrected chi connectivity index (χ0v) is 28.3. The Kier molecular flexibility index (Phi) is 11.9. The molecule has 1 aromatic carbocycles. The molecule has 2 aliphatic rings. The molecule has 2 aromatic heterocycles. The number of halogens is 1. The lowest BCUT2D eigenvalue weighted by Crippen LogP contribution is -2.42. The van der Waals surface area contributed by atoms with Crippen molar-refractivity contribution in [2.75, 3.05) is 31.8 Å². The zero-order chi connectivity index (χ0) is 33.3. The minimum atomic E-state index is -0.517. The Morgan fingerprint density at radius 1 is 1.04 bits per heavy atom. The fourth-order valence-electron chi connectivity index (χ4n) is 7.00. The number of hydrogen-bond donors (Lipinski definition) is 1. The maximum Gasteiger partial charge on any atom is 0.407 e. The highest BCUT2D eigenvalue weighted by Crippen LogP contribution is 2.39. The van der Waals surface area contributed by atoms with Crippen LogP contribution in [0.3, 0.4) is 0 Å². The molecular weight excluding hydrogens is 597 g/mol. The highest BCUT2D eigenvalue weighted by atomic mass is 19.1. The number of alkyl halides is 1. The highest BCUT2D eigenvalue weighted by Gasteiger charge is 2.34. The van der Waals surface area contributed by atoms with Gasteiger partial charge in [-0.05, 0) is 125 Å². The summed E-state index contributed by atoms with van der Waals surface area (Å²) in [7, 11) is 1.71. The van der Waals surface area contributed by atoms with Gasteiger partial charge in [0.15, 0.2) is 0 Å². The molecule has 0 atom stereocenters. The Labute approximate surface area is 278 Å². The van der Waals surface area contributed by atoms with Crippen LogP contribution in [-0.2, 0) is 9.53 Å². The van der Waals surface area contributed by atoms with E-state index in [2.05, 4.69) is 49.4 Å². The molecule has 0 unspecified atom stereocenters. The van der Waals surface area contributed by atoms with Crippen LogP contribution in [0.15, 0.2) is 48.9 Å². The molecule has 0 bridgehead atoms. The van der Waals surface area contributed by atoms with E-state index in [9.17, 15) is 14.0 Å². The molecule has 0 radical (unpaired) electrons. The van der Waals surface area contributed by atoms with Gasteiger partial charge in [-0.2, -0.15) is 5.10 Å². The molecule has 1 N–H and O–H groups in total. The van der Waals surface area contributed by atoms with Gasteiger partial charge in [0.2, 0.25) is 5.91 Å². The lowest BCUT2D eigenvalue weighted by molar-refractivity contribution is -0.124. The summed E-state index contributed by atoms with van der Waals surface area (Å²) < 4.78 is 25.3. The Bertz CT molecular complexity index is 1480. The van der Waals surface area contributed by atoms with Crippen LogP contribution in [0.5, 0.6) is 5.75 Å². The first-order valence-electron chi connectivity index (χ1n) is 17.2. The predicted molar refractivity (Wildman–Crippen MR) is 181 cm³/mol. The van der Waals surface area contributed by atoms with Gasteiger partial charge < -0.3 is 14.8 Å². The number of methoxy groups -OCH3 is 1. The Balaban J connectivity index is 1.28. The van der Waals surface area contributed by atoms with Gasteiger partial charge in [-0.3, -0.25) is 18.8 Å². The first-order chi connectivity index (χ1) is 22.7. The van der Waals surface area contributed by atoms with Gasteiger partial charge >= 0.3 is 6.09 Å². The molecule has 47 heavy (non-hydrogen) atoms. The molecular formula is C37H50FN5O4. The quantitative estimate of drug-likeness (QED) is 0.202. The Morgan fingerprint density at radius 3 is 2.47 bits per heavy atom. The van der Waals surface area contributed by atoms with Crippen LogP contribution >= 0.6 is 0 Å². The van der Waals surface area contributed by atoms with Crippen LogP contribution in [0, 0.1) is 18.8 Å². The number of carbonyl (C=O) groups excluding carboxylic acids is 2. The van der Waals surface area contributed by atoms with Crippen molar-refractivity contribution in [3.63, 3.8) is 0 Å². The lowest BCUT2D eigenvalue weighted by Gasteiger charge is -2.35. The summed E-state index contributed by atoms with van der Waals surface area (Å²) in [6.45, 7) is 6.69. The van der Waals surface area contributed by atoms with E-state index in [0.717, 1.165) is 48.1 Å². The lowest BCUT2D eigenvalue weighted by atomic mass is 9.78. The number of nitrogens with zero attached hydrogens (tertiary/aromatic N) is 4. The number of benzene rings is 1. The number of amides is 2. The van der Waals surface area contributed by atoms with Crippen molar-refractivity contribution in [3.8, 4) is 16.9 Å². The number of anilines is 1. The predicted octanol–water partition coefficient (Wildman–Crippen LogP) is 7.79. The minimum Gasteiger partial charge on any atom is -0.496 e. The second kappa shape index (κ2) is 16.2. The fraction of sp³-hybridized carbons (Fsp3) is 0.568. The fourth-order valence-corrected chi connectivity index (χ4v) is 7.00. The van der Waals surface area contributed by atoms with Crippen LogP contribution in [0.4, 0.5) is 15.0 Å². The van der Waals surface area contributed by atoms with Crippen molar-refractivity contribution in [1.82, 2.24) is 20.1 Å². The molecule has 0 aliphatic heterocycles. The second-order valence-electron chi connectivity index (χ2n) is 13.4. The summed E-state index contributed by atoms with van der Waals surface area (Å²) in [4.78, 5) is 33.1. The molecule has 2 heterocycles. The third kappa shape index (κ3) is 8.90. The van der Waals surface area contributed by atoms with Crippen LogP contribution in [0.2, 0.25) is 0 Å². The molecule has 2 fully saturated rings. The zero-order valence-electron chi connectivity index (χ0n) is 28.3. The van der Waals surface area contributed by atoms with E-state index >= 15 is 0 Å². The molecule has 254 valence electrons. The monoisotopic (exact) mass is 647 g/mol. The van der Waals surface area contributed by atoms with Crippen LogP contribution in [0.1, 0.15) is 94.7 Å². The smallest absolute Gasteiger partial charge is 0.407 e. The van der Waals surface area contributed by atoms with E-state index < -0.39 is 12.8 Å². The van der Waals surface area contributed by atoms with Crippen LogP contribution < -0.4 is 15.0 Å². The highest BCUT2D eigenvalue weighted by molar-refractivity contribution is 5.94. The first kappa shape index (κ1) is 34.4. The topological polar surface area (TPSA) is 98.6 Å². The largest absolute Gasteiger partial charge is 0.496 e. The summed E-state index contributed by atoms with van der Waals surface area (Å²) >= 11 is 0. The van der Waals surface area contributed by atoms with Crippen molar-refractivity contribution in [1.29, 1.82) is 0 Å². The number of ether oxygens (including phenoxy) is 2. The van der Waals surface area contributed by atoms with Crippen LogP contribution in [-0.4, -0.2) is 59.7 Å². The van der Waals surface area contributed by atoms with E-state index in [0.29, 0.717) is 49.9 Å². The molecule has 5 rings (SSSR count). The molecule has 2 amide bonds. The summed E-state index contributed by atoms with van der Waals surface area (Å²) in [5.74, 6) is 2.38. The number of aryl methyl sites for hydroxylation is 1. The Hall–Kier alpha value is -3.95. The molecule has 3 aromatic rings. The first-order valence-corrected chi connectivity index (χ1v) is 17.2. The van der Waals surface area contributed by atoms with Gasteiger partial charge in [-0.15, -0.1) is 0 Å². The van der Waals surface area contributed by atoms with Crippen molar-refractivity contribution < 1.29 is 23.5 Å². The van der Waals surface area contributed by atoms with Crippen molar-refractivity contribution in [2.45, 2.75) is 96.6 Å². The van der Waals surface area contributed by atoms with E-state index in [1.54, 1.807) is 13.3 Å². The minimum absolute atomic E-state index is 0.0891. The van der Waals surface area contributed by atoms with E-state index in [1.807, 2.05) is 34.1 Å². The molecule has 9 nitrogen and oxygen atoms in total. The summed E-state index contributed by atoms with van der Waals surface area (Å²) in [6, 6.07) is 10.8. The van der Waals surface area contributed by atoms with Gasteiger partial charge in [0.25, 0.3) is 0 Å². The number of alkyl carbamates (subject to hydrolysis) is 1. The molecule has 2 aliphatic carbocycles. The number of nitrogens with one attached hydrogen (secondary N) is 1. The summed E-state index contributed by atoms with van der Waals surface area (Å²) in [5.41, 5.74) is 4.49. The number of pyridine rings is 1. The van der Waals surface area contributed by atoms with Gasteiger partial charge in [0.05, 0.1) is 20.0 Å². The average Bonchev–Trinajstić information content (AvgIpc) is 3.59. The van der Waals surface area contributed by atoms with E-state index in [1.165, 1.54) is 5.56 Å². The van der Waals surface area contributed by atoms with E-state index in [-0.39, 0.29) is 36.9 Å². The number of hydrogen-bond acceptors (Lipinski definition) is 6. The van der Waals surface area contributed by atoms with Crippen molar-refractivity contribution in [3.05, 3.63) is 60.0 Å². The Morgan fingerprint density at radius 2 is 1.81 bits per heavy atom. The third-order valence-electron chi connectivity index (χ3n) is 9.81. The van der Waals surface area contributed by atoms with Crippen molar-refractivity contribution >= 4 is 17.8 Å². The molecule has 0 spiro atoms. The number of carbonyl (C=O) groups is 2. The third-order valence-corrected chi connectivity index (χ3v) is 9.81. The number of aromatic nitrogens is 3. The molecule has 0 saturated heterocycles. The van der Waals surface area contributed by atoms with Gasteiger partial charge in [0, 0.05) is 43.0 Å².